The van der Waals surface area contributed by atoms with Crippen LogP contribution in [0.1, 0.15) is 51.4 Å². The summed E-state index contributed by atoms with van der Waals surface area (Å²) >= 11 is 0. The molecule has 2 aliphatic carbocycles. The Morgan fingerprint density at radius 1 is 0.476 bits per heavy atom. The summed E-state index contributed by atoms with van der Waals surface area (Å²) in [6, 6.07) is 0. The zero-order valence-corrected chi connectivity index (χ0v) is 12.9. The van der Waals surface area contributed by atoms with Gasteiger partial charge in [-0.15, -0.1) is 0 Å². The Morgan fingerprint density at radius 2 is 0.667 bits per heavy atom. The molecule has 0 unspecified atom stereocenters. The van der Waals surface area contributed by atoms with E-state index in [1.807, 2.05) is 0 Å². The molecular formula is C12H16N4O4Pd-4. The van der Waals surface area contributed by atoms with Gasteiger partial charge in [-0.1, -0.05) is 0 Å². The number of hydrogen-bond acceptors (Lipinski definition) is 8. The van der Waals surface area contributed by atoms with E-state index in [0.717, 1.165) is 25.7 Å². The molecular weight excluding hydrogens is 371 g/mol. The van der Waals surface area contributed by atoms with Crippen molar-refractivity contribution >= 4 is 22.8 Å². The van der Waals surface area contributed by atoms with Gasteiger partial charge in [0.15, 0.2) is 0 Å². The summed E-state index contributed by atoms with van der Waals surface area (Å²) in [4.78, 5) is 0. The molecule has 0 saturated heterocycles. The molecule has 9 heteroatoms. The maximum atomic E-state index is 10.0. The van der Waals surface area contributed by atoms with Gasteiger partial charge in [-0.2, -0.15) is 0 Å². The molecule has 0 heterocycles. The fourth-order valence-electron chi connectivity index (χ4n) is 2.14. The van der Waals surface area contributed by atoms with E-state index in [1.165, 1.54) is 0 Å². The van der Waals surface area contributed by atoms with Crippen molar-refractivity contribution in [2.45, 2.75) is 51.4 Å². The molecule has 0 bridgehead atoms. The van der Waals surface area contributed by atoms with Crippen molar-refractivity contribution in [1.82, 2.24) is 0 Å². The molecule has 8 nitrogen and oxygen atoms in total. The molecule has 2 saturated carbocycles. The van der Waals surface area contributed by atoms with Crippen LogP contribution in [0.5, 0.6) is 0 Å². The molecule has 0 atom stereocenters. The van der Waals surface area contributed by atoms with Gasteiger partial charge in [0, 0.05) is 43.3 Å². The monoisotopic (exact) mass is 386 g/mol. The van der Waals surface area contributed by atoms with Crippen LogP contribution in [-0.4, -0.2) is 22.8 Å². The van der Waals surface area contributed by atoms with Gasteiger partial charge >= 0.3 is 0 Å². The first kappa shape index (κ1) is 19.5. The van der Waals surface area contributed by atoms with Crippen molar-refractivity contribution in [2.75, 3.05) is 0 Å². The second kappa shape index (κ2) is 11.2. The minimum absolute atomic E-state index is 0. The van der Waals surface area contributed by atoms with Crippen LogP contribution in [0, 0.1) is 20.8 Å². The van der Waals surface area contributed by atoms with Gasteiger partial charge in [-0.25, -0.2) is 0 Å². The van der Waals surface area contributed by atoms with Crippen molar-refractivity contribution in [3.05, 3.63) is 20.8 Å². The third-order valence-corrected chi connectivity index (χ3v) is 3.26. The summed E-state index contributed by atoms with van der Waals surface area (Å²) in [5.74, 6) is 0. The van der Waals surface area contributed by atoms with Crippen LogP contribution in [0.2, 0.25) is 0 Å². The topological polar surface area (TPSA) is 142 Å². The Balaban J connectivity index is 0.000000364. The molecule has 0 aromatic carbocycles. The smallest absolute Gasteiger partial charge is 0.0499 e. The van der Waals surface area contributed by atoms with Crippen LogP contribution in [0.4, 0.5) is 0 Å². The van der Waals surface area contributed by atoms with Crippen molar-refractivity contribution in [1.29, 1.82) is 0 Å². The predicted molar refractivity (Wildman–Crippen MR) is 80.1 cm³/mol. The third kappa shape index (κ3) is 6.23. The van der Waals surface area contributed by atoms with Crippen LogP contribution in [0.3, 0.4) is 0 Å². The van der Waals surface area contributed by atoms with Crippen molar-refractivity contribution < 1.29 is 20.4 Å². The van der Waals surface area contributed by atoms with E-state index in [-0.39, 0.29) is 20.4 Å². The summed E-state index contributed by atoms with van der Waals surface area (Å²) in [5, 5.41) is 51.0. The van der Waals surface area contributed by atoms with E-state index in [2.05, 4.69) is 20.6 Å². The van der Waals surface area contributed by atoms with Crippen LogP contribution in [0.15, 0.2) is 20.6 Å². The minimum Gasteiger partial charge on any atom is -0.792 e. The standard InChI is InChI=1S/2C6H10N2O2.Pd/c2*9-7-5-3-1-2-4-6(5)8-10;/h2*9-10H,1-4H2;/p-4. The molecule has 21 heavy (non-hydrogen) atoms. The molecule has 2 aliphatic rings. The summed E-state index contributed by atoms with van der Waals surface area (Å²) in [6.07, 6.45) is 6.24. The van der Waals surface area contributed by atoms with Gasteiger partial charge in [-0.05, 0) is 51.4 Å². The Hall–Kier alpha value is -1.46. The zero-order valence-electron chi connectivity index (χ0n) is 11.4. The Bertz CT molecular complexity index is 355. The molecule has 0 N–H and O–H groups in total. The summed E-state index contributed by atoms with van der Waals surface area (Å²) in [7, 11) is 0. The van der Waals surface area contributed by atoms with Gasteiger partial charge in [-0.3, -0.25) is 0 Å². The first-order valence-corrected chi connectivity index (χ1v) is 6.54. The van der Waals surface area contributed by atoms with Gasteiger partial charge < -0.3 is 41.5 Å². The second-order valence-electron chi connectivity index (χ2n) is 4.57. The van der Waals surface area contributed by atoms with E-state index in [9.17, 15) is 20.8 Å². The first-order chi connectivity index (χ1) is 9.76. The molecule has 122 valence electrons. The number of hydrogen-bond donors (Lipinski definition) is 0. The fraction of sp³-hybridized carbons (Fsp3) is 0.667. The molecule has 0 spiro atoms. The fourth-order valence-corrected chi connectivity index (χ4v) is 2.14. The van der Waals surface area contributed by atoms with Gasteiger partial charge in [0.2, 0.25) is 0 Å². The van der Waals surface area contributed by atoms with E-state index >= 15 is 0 Å². The first-order valence-electron chi connectivity index (χ1n) is 6.54. The van der Waals surface area contributed by atoms with Crippen LogP contribution in [0.25, 0.3) is 0 Å². The average molecular weight is 387 g/mol. The van der Waals surface area contributed by atoms with Crippen molar-refractivity contribution in [2.24, 2.45) is 20.6 Å². The summed E-state index contributed by atoms with van der Waals surface area (Å²) in [5.41, 5.74) is 1.39. The van der Waals surface area contributed by atoms with Crippen LogP contribution < -0.4 is 0 Å². The quantitative estimate of drug-likeness (QED) is 0.465. The molecule has 0 amide bonds. The number of nitrogens with zero attached hydrogens (tertiary/aromatic N) is 4. The predicted octanol–water partition coefficient (Wildman–Crippen LogP) is 2.87. The molecule has 0 radical (unpaired) electrons. The third-order valence-electron chi connectivity index (χ3n) is 3.26. The average Bonchev–Trinajstić information content (AvgIpc) is 2.55. The molecule has 0 aromatic rings. The van der Waals surface area contributed by atoms with E-state index in [1.54, 1.807) is 0 Å². The number of rotatable bonds is 0. The Morgan fingerprint density at radius 3 is 0.810 bits per heavy atom. The normalized spacial score (nSPS) is 26.3. The zero-order chi connectivity index (χ0) is 14.8. The van der Waals surface area contributed by atoms with Crippen molar-refractivity contribution in [3.63, 3.8) is 0 Å². The molecule has 2 fully saturated rings. The van der Waals surface area contributed by atoms with Crippen molar-refractivity contribution in [3.8, 4) is 0 Å². The van der Waals surface area contributed by atoms with Gasteiger partial charge in [0.25, 0.3) is 0 Å². The van der Waals surface area contributed by atoms with E-state index in [0.29, 0.717) is 48.5 Å². The second-order valence-corrected chi connectivity index (χ2v) is 4.57. The van der Waals surface area contributed by atoms with Crippen LogP contribution in [-0.2, 0) is 20.4 Å². The Kier molecular flexibility index (Phi) is 10.4. The SMILES string of the molecule is [O-]N=C1CCCCC1=N[O-].[O-]N=C1CCCCC1=N[O-].[Pd]. The Labute approximate surface area is 136 Å². The molecule has 0 aromatic heterocycles. The summed E-state index contributed by atoms with van der Waals surface area (Å²) in [6.45, 7) is 0. The van der Waals surface area contributed by atoms with Gasteiger partial charge in [0.05, 0.1) is 0 Å². The van der Waals surface area contributed by atoms with E-state index in [4.69, 9.17) is 0 Å². The van der Waals surface area contributed by atoms with E-state index < -0.39 is 0 Å². The maximum Gasteiger partial charge on any atom is 0.0499 e. The summed E-state index contributed by atoms with van der Waals surface area (Å²) < 4.78 is 0. The maximum absolute atomic E-state index is 10.0. The largest absolute Gasteiger partial charge is 0.792 e. The minimum atomic E-state index is 0. The molecule has 0 aliphatic heterocycles. The van der Waals surface area contributed by atoms with Gasteiger partial charge in [0.1, 0.15) is 0 Å². The molecule has 2 rings (SSSR count). The van der Waals surface area contributed by atoms with Crippen LogP contribution >= 0.6 is 0 Å².